The fourth-order valence-corrected chi connectivity index (χ4v) is 4.97. The number of hydrogen-bond acceptors (Lipinski definition) is 2. The number of carbonyl (C=O) groups excluding carboxylic acids is 1. The van der Waals surface area contributed by atoms with E-state index >= 15 is 0 Å². The van der Waals surface area contributed by atoms with Crippen LogP contribution >= 0.6 is 0 Å². The molecule has 4 aromatic rings. The maximum absolute atomic E-state index is 13.5. The quantitative estimate of drug-likeness (QED) is 0.418. The molecule has 4 heteroatoms. The Labute approximate surface area is 188 Å². The van der Waals surface area contributed by atoms with Crippen molar-refractivity contribution in [3.63, 3.8) is 0 Å². The molecule has 3 heterocycles. The number of hydrogen-bond donors (Lipinski definition) is 0. The normalized spacial score (nSPS) is 15.9. The number of benzene rings is 2. The number of fused-ring (bicyclic) bond motifs is 4. The highest BCUT2D eigenvalue weighted by Gasteiger charge is 2.53. The van der Waals surface area contributed by atoms with E-state index in [0.29, 0.717) is 5.69 Å². The minimum absolute atomic E-state index is 0.0767. The predicted molar refractivity (Wildman–Crippen MR) is 127 cm³/mol. The van der Waals surface area contributed by atoms with Gasteiger partial charge in [-0.1, -0.05) is 55.5 Å². The zero-order valence-corrected chi connectivity index (χ0v) is 18.4. The van der Waals surface area contributed by atoms with Crippen LogP contribution in [0.3, 0.4) is 0 Å². The summed E-state index contributed by atoms with van der Waals surface area (Å²) in [6.07, 6.45) is 7.04. The lowest BCUT2D eigenvalue weighted by molar-refractivity contribution is 0.0705. The van der Waals surface area contributed by atoms with Crippen LogP contribution in [0, 0.1) is 0 Å². The highest BCUT2D eigenvalue weighted by molar-refractivity contribution is 5.97. The summed E-state index contributed by atoms with van der Waals surface area (Å²) in [4.78, 5) is 20.2. The molecule has 158 valence electrons. The molecule has 1 aliphatic carbocycles. The van der Waals surface area contributed by atoms with Gasteiger partial charge >= 0.3 is 0 Å². The highest BCUT2D eigenvalue weighted by Crippen LogP contribution is 2.54. The minimum Gasteiger partial charge on any atom is -0.331 e. The smallest absolute Gasteiger partial charge is 0.271 e. The maximum Gasteiger partial charge on any atom is 0.271 e. The Morgan fingerprint density at radius 1 is 0.938 bits per heavy atom. The summed E-state index contributed by atoms with van der Waals surface area (Å²) in [6, 6.07) is 23.1. The zero-order valence-electron chi connectivity index (χ0n) is 18.4. The second-order valence-electron chi connectivity index (χ2n) is 8.88. The summed E-state index contributed by atoms with van der Waals surface area (Å²) in [5.41, 5.74) is 8.23. The van der Waals surface area contributed by atoms with Gasteiger partial charge in [0.15, 0.2) is 0 Å². The summed E-state index contributed by atoms with van der Waals surface area (Å²) < 4.78 is 2.09. The first-order valence-electron chi connectivity index (χ1n) is 11.3. The monoisotopic (exact) mass is 419 g/mol. The van der Waals surface area contributed by atoms with Crippen LogP contribution in [0.15, 0.2) is 79.1 Å². The molecule has 1 fully saturated rings. The zero-order chi connectivity index (χ0) is 21.9. The molecule has 0 radical (unpaired) electrons. The van der Waals surface area contributed by atoms with Gasteiger partial charge < -0.3 is 9.47 Å². The van der Waals surface area contributed by atoms with Gasteiger partial charge in [0.2, 0.25) is 0 Å². The van der Waals surface area contributed by atoms with Crippen molar-refractivity contribution >= 4 is 5.91 Å². The molecule has 0 unspecified atom stereocenters. The first-order valence-corrected chi connectivity index (χ1v) is 11.3. The van der Waals surface area contributed by atoms with E-state index in [1.807, 2.05) is 42.4 Å². The van der Waals surface area contributed by atoms with Crippen LogP contribution in [-0.2, 0) is 12.0 Å². The Balaban J connectivity index is 1.56. The molecule has 0 atom stereocenters. The Hall–Kier alpha value is -3.66. The van der Waals surface area contributed by atoms with Crippen LogP contribution in [-0.4, -0.2) is 27.4 Å². The van der Waals surface area contributed by atoms with Gasteiger partial charge in [0, 0.05) is 36.1 Å². The van der Waals surface area contributed by atoms with Gasteiger partial charge in [-0.3, -0.25) is 9.78 Å². The first-order chi connectivity index (χ1) is 15.6. The lowest BCUT2D eigenvalue weighted by Gasteiger charge is -2.27. The van der Waals surface area contributed by atoms with E-state index in [4.69, 9.17) is 4.98 Å². The lowest BCUT2D eigenvalue weighted by Crippen LogP contribution is -2.36. The molecule has 2 aliphatic rings. The van der Waals surface area contributed by atoms with Crippen molar-refractivity contribution < 1.29 is 4.79 Å². The highest BCUT2D eigenvalue weighted by atomic mass is 16.2. The fourth-order valence-electron chi connectivity index (χ4n) is 4.97. The standard InChI is InChI=1S/C28H25N3O/c1-3-19-9-12-24(29-17-19)21-10-11-23-25(15-21)31-18-22(20-7-5-4-6-8-20)16-26(31)27(32)30(2)28(23)13-14-28/h4-12,15-18H,3,13-14H2,1-2H3. The van der Waals surface area contributed by atoms with Crippen molar-refractivity contribution in [2.45, 2.75) is 31.7 Å². The van der Waals surface area contributed by atoms with E-state index in [1.54, 1.807) is 0 Å². The Morgan fingerprint density at radius 2 is 1.75 bits per heavy atom. The van der Waals surface area contributed by atoms with E-state index in [1.165, 1.54) is 11.1 Å². The summed E-state index contributed by atoms with van der Waals surface area (Å²) in [6.45, 7) is 2.14. The third-order valence-corrected chi connectivity index (χ3v) is 7.10. The second-order valence-corrected chi connectivity index (χ2v) is 8.88. The van der Waals surface area contributed by atoms with Crippen LogP contribution in [0.5, 0.6) is 0 Å². The van der Waals surface area contributed by atoms with E-state index < -0.39 is 0 Å². The van der Waals surface area contributed by atoms with Crippen LogP contribution in [0.2, 0.25) is 0 Å². The van der Waals surface area contributed by atoms with E-state index in [0.717, 1.165) is 47.3 Å². The molecule has 1 saturated carbocycles. The second kappa shape index (κ2) is 6.92. The van der Waals surface area contributed by atoms with Crippen molar-refractivity contribution in [2.75, 3.05) is 7.05 Å². The lowest BCUT2D eigenvalue weighted by atomic mass is 9.97. The number of nitrogens with zero attached hydrogens (tertiary/aromatic N) is 3. The molecule has 2 aromatic carbocycles. The van der Waals surface area contributed by atoms with Crippen LogP contribution < -0.4 is 0 Å². The van der Waals surface area contributed by atoms with Gasteiger partial charge in [-0.2, -0.15) is 0 Å². The van der Waals surface area contributed by atoms with E-state index in [9.17, 15) is 4.79 Å². The molecular weight excluding hydrogens is 394 g/mol. The molecule has 4 nitrogen and oxygen atoms in total. The molecule has 2 aromatic heterocycles. The largest absolute Gasteiger partial charge is 0.331 e. The summed E-state index contributed by atoms with van der Waals surface area (Å²) in [5.74, 6) is 0.0767. The van der Waals surface area contributed by atoms with Crippen LogP contribution in [0.25, 0.3) is 28.1 Å². The molecule has 1 amide bonds. The molecule has 0 saturated heterocycles. The summed E-state index contributed by atoms with van der Waals surface area (Å²) in [7, 11) is 1.95. The predicted octanol–water partition coefficient (Wildman–Crippen LogP) is 5.84. The van der Waals surface area contributed by atoms with E-state index in [-0.39, 0.29) is 11.4 Å². The minimum atomic E-state index is -0.198. The van der Waals surface area contributed by atoms with Crippen molar-refractivity contribution in [2.24, 2.45) is 0 Å². The Kier molecular flexibility index (Phi) is 4.12. The van der Waals surface area contributed by atoms with Crippen LogP contribution in [0.1, 0.15) is 41.4 Å². The SMILES string of the molecule is CCc1ccc(-c2ccc3c(c2)-n2cc(-c4ccccc4)cc2C(=O)N(C)C32CC2)nc1. The number of aromatic nitrogens is 2. The molecule has 32 heavy (non-hydrogen) atoms. The number of carbonyl (C=O) groups is 1. The molecule has 0 N–H and O–H groups in total. The van der Waals surface area contributed by atoms with Crippen molar-refractivity contribution in [3.05, 3.63) is 95.9 Å². The third-order valence-electron chi connectivity index (χ3n) is 7.10. The Bertz CT molecular complexity index is 1330. The fraction of sp³-hybridized carbons (Fsp3) is 0.214. The topological polar surface area (TPSA) is 38.1 Å². The molecule has 6 rings (SSSR count). The van der Waals surface area contributed by atoms with Gasteiger partial charge in [0.05, 0.1) is 16.9 Å². The number of rotatable bonds is 3. The molecule has 0 bridgehead atoms. The van der Waals surface area contributed by atoms with Crippen molar-refractivity contribution in [3.8, 4) is 28.1 Å². The van der Waals surface area contributed by atoms with Gasteiger partial charge in [-0.25, -0.2) is 0 Å². The van der Waals surface area contributed by atoms with Gasteiger partial charge in [-0.15, -0.1) is 0 Å². The van der Waals surface area contributed by atoms with Gasteiger partial charge in [0.25, 0.3) is 5.91 Å². The van der Waals surface area contributed by atoms with Gasteiger partial charge in [0.1, 0.15) is 5.69 Å². The number of amides is 1. The average Bonchev–Trinajstić information content (AvgIpc) is 3.55. The van der Waals surface area contributed by atoms with Crippen molar-refractivity contribution in [1.29, 1.82) is 0 Å². The van der Waals surface area contributed by atoms with Crippen molar-refractivity contribution in [1.82, 2.24) is 14.5 Å². The summed E-state index contributed by atoms with van der Waals surface area (Å²) >= 11 is 0. The molecule has 1 aliphatic heterocycles. The number of pyridine rings is 1. The first kappa shape index (κ1) is 19.1. The summed E-state index contributed by atoms with van der Waals surface area (Å²) in [5, 5.41) is 0. The average molecular weight is 420 g/mol. The number of aryl methyl sites for hydroxylation is 1. The third kappa shape index (κ3) is 2.76. The molecular formula is C28H25N3O. The molecule has 1 spiro atoms. The maximum atomic E-state index is 13.5. The van der Waals surface area contributed by atoms with Gasteiger partial charge in [-0.05, 0) is 48.6 Å². The Morgan fingerprint density at radius 3 is 2.44 bits per heavy atom. The van der Waals surface area contributed by atoms with Crippen LogP contribution in [0.4, 0.5) is 0 Å². The van der Waals surface area contributed by atoms with E-state index in [2.05, 4.69) is 60.2 Å².